The fraction of sp³-hybridized carbons (Fsp3) is 0.111. The summed E-state index contributed by atoms with van der Waals surface area (Å²) in [6.45, 7) is 0. The van der Waals surface area contributed by atoms with Crippen LogP contribution in [0.4, 0.5) is 0 Å². The Labute approximate surface area is 150 Å². The first-order valence-electron chi connectivity index (χ1n) is 7.06. The van der Waals surface area contributed by atoms with Crippen molar-refractivity contribution in [3.8, 4) is 11.4 Å². The lowest BCUT2D eigenvalue weighted by atomic mass is 10.0. The van der Waals surface area contributed by atoms with Crippen LogP contribution in [0.1, 0.15) is 10.4 Å². The number of benzene rings is 2. The van der Waals surface area contributed by atoms with E-state index in [9.17, 15) is 4.79 Å². The van der Waals surface area contributed by atoms with Crippen molar-refractivity contribution in [3.05, 3.63) is 54.1 Å². The molecular formula is C18H15IN2O2. The fourth-order valence-electron chi connectivity index (χ4n) is 3.12. The van der Waals surface area contributed by atoms with Gasteiger partial charge in [0.2, 0.25) is 0 Å². The second kappa shape index (κ2) is 5.81. The summed E-state index contributed by atoms with van der Waals surface area (Å²) in [5, 5.41) is 1.89. The first-order valence-corrected chi connectivity index (χ1v) is 7.06. The van der Waals surface area contributed by atoms with E-state index in [0.717, 1.165) is 27.5 Å². The van der Waals surface area contributed by atoms with E-state index in [1.165, 1.54) is 7.11 Å². The first kappa shape index (κ1) is 15.7. The molecule has 5 heteroatoms. The number of nitrogens with zero attached hydrogens (tertiary/aromatic N) is 2. The van der Waals surface area contributed by atoms with Gasteiger partial charge < -0.3 is 9.30 Å². The van der Waals surface area contributed by atoms with Crippen molar-refractivity contribution in [3.63, 3.8) is 0 Å². The molecule has 116 valence electrons. The molecule has 23 heavy (non-hydrogen) atoms. The molecule has 0 spiro atoms. The first-order chi connectivity index (χ1) is 10.7. The predicted octanol–water partition coefficient (Wildman–Crippen LogP) is 4.24. The van der Waals surface area contributed by atoms with Crippen molar-refractivity contribution >= 4 is 51.8 Å². The minimum Gasteiger partial charge on any atom is -0.465 e. The van der Waals surface area contributed by atoms with E-state index < -0.39 is 0 Å². The molecule has 2 aliphatic heterocycles. The van der Waals surface area contributed by atoms with Gasteiger partial charge in [0.1, 0.15) is 5.69 Å². The zero-order valence-corrected chi connectivity index (χ0v) is 15.1. The van der Waals surface area contributed by atoms with Crippen LogP contribution >= 0.6 is 24.0 Å². The topological polar surface area (TPSA) is 44.1 Å². The molecule has 0 unspecified atom stereocenters. The van der Waals surface area contributed by atoms with Gasteiger partial charge in [0.15, 0.2) is 0 Å². The van der Waals surface area contributed by atoms with Gasteiger partial charge in [-0.1, -0.05) is 36.4 Å². The van der Waals surface area contributed by atoms with Crippen LogP contribution in [0.2, 0.25) is 0 Å². The number of aromatic nitrogens is 2. The monoisotopic (exact) mass is 418 g/mol. The lowest BCUT2D eigenvalue weighted by Gasteiger charge is -2.16. The SMILES string of the molecule is COC(=O)c1c2nc3ccccc3c-2n(C)c2ccccc12.I. The maximum absolute atomic E-state index is 12.4. The highest BCUT2D eigenvalue weighted by Gasteiger charge is 2.26. The van der Waals surface area contributed by atoms with Crippen molar-refractivity contribution < 1.29 is 9.53 Å². The van der Waals surface area contributed by atoms with Crippen LogP contribution in [0.3, 0.4) is 0 Å². The summed E-state index contributed by atoms with van der Waals surface area (Å²) < 4.78 is 7.09. The minimum atomic E-state index is -0.357. The maximum atomic E-state index is 12.4. The fourth-order valence-corrected chi connectivity index (χ4v) is 3.12. The number of methoxy groups -OCH3 is 1. The number of fused-ring (bicyclic) bond motifs is 4. The number of hydrogen-bond donors (Lipinski definition) is 0. The normalized spacial score (nSPS) is 10.9. The highest BCUT2D eigenvalue weighted by Crippen LogP contribution is 2.37. The summed E-state index contributed by atoms with van der Waals surface area (Å²) in [6, 6.07) is 15.7. The summed E-state index contributed by atoms with van der Waals surface area (Å²) in [4.78, 5) is 17.0. The van der Waals surface area contributed by atoms with E-state index in [1.54, 1.807) is 0 Å². The molecule has 0 radical (unpaired) electrons. The highest BCUT2D eigenvalue weighted by molar-refractivity contribution is 14.0. The number of ether oxygens (including phenoxy) is 1. The molecule has 0 amide bonds. The second-order valence-electron chi connectivity index (χ2n) is 5.27. The summed E-state index contributed by atoms with van der Waals surface area (Å²) >= 11 is 0. The van der Waals surface area contributed by atoms with E-state index >= 15 is 0 Å². The quantitative estimate of drug-likeness (QED) is 0.343. The third-order valence-electron chi connectivity index (χ3n) is 4.11. The van der Waals surface area contributed by atoms with Crippen molar-refractivity contribution in [2.24, 2.45) is 7.05 Å². The Hall–Kier alpha value is -2.15. The van der Waals surface area contributed by atoms with E-state index in [1.807, 2.05) is 55.6 Å². The molecule has 0 atom stereocenters. The number of para-hydroxylation sites is 2. The smallest absolute Gasteiger partial charge is 0.340 e. The Bertz CT molecular complexity index is 1010. The number of halogens is 1. The van der Waals surface area contributed by atoms with Crippen LogP contribution in [0, 0.1) is 0 Å². The lowest BCUT2D eigenvalue weighted by molar-refractivity contribution is 0.0603. The minimum absolute atomic E-state index is 0. The second-order valence-corrected chi connectivity index (χ2v) is 5.27. The number of carbonyl (C=O) groups is 1. The molecular weight excluding hydrogens is 403 g/mol. The molecule has 0 aliphatic carbocycles. The van der Waals surface area contributed by atoms with Gasteiger partial charge in [0, 0.05) is 23.3 Å². The van der Waals surface area contributed by atoms with Crippen LogP contribution in [0.25, 0.3) is 33.2 Å². The number of hydrogen-bond acceptors (Lipinski definition) is 3. The lowest BCUT2D eigenvalue weighted by Crippen LogP contribution is -2.10. The Balaban J connectivity index is 0.00000156. The molecule has 0 aromatic heterocycles. The van der Waals surface area contributed by atoms with Crippen molar-refractivity contribution in [1.29, 1.82) is 0 Å². The van der Waals surface area contributed by atoms with Crippen LogP contribution in [0.15, 0.2) is 48.5 Å². The predicted molar refractivity (Wildman–Crippen MR) is 102 cm³/mol. The van der Waals surface area contributed by atoms with Gasteiger partial charge in [-0.2, -0.15) is 0 Å². The molecule has 0 N–H and O–H groups in total. The molecule has 0 fully saturated rings. The zero-order chi connectivity index (χ0) is 15.3. The molecule has 0 saturated carbocycles. The molecule has 4 rings (SSSR count). The average molecular weight is 418 g/mol. The number of pyridine rings is 1. The van der Waals surface area contributed by atoms with Crippen molar-refractivity contribution in [1.82, 2.24) is 9.55 Å². The number of esters is 1. The maximum Gasteiger partial charge on any atom is 0.340 e. The van der Waals surface area contributed by atoms with Crippen LogP contribution in [0.5, 0.6) is 0 Å². The molecule has 4 nitrogen and oxygen atoms in total. The molecule has 0 saturated heterocycles. The number of rotatable bonds is 1. The Morgan fingerprint density at radius 2 is 1.70 bits per heavy atom. The van der Waals surface area contributed by atoms with Gasteiger partial charge in [0.05, 0.1) is 23.9 Å². The highest BCUT2D eigenvalue weighted by atomic mass is 127. The summed E-state index contributed by atoms with van der Waals surface area (Å²) in [6.07, 6.45) is 0. The Morgan fingerprint density at radius 3 is 2.43 bits per heavy atom. The van der Waals surface area contributed by atoms with E-state index in [4.69, 9.17) is 4.74 Å². The summed E-state index contributed by atoms with van der Waals surface area (Å²) in [5.41, 5.74) is 4.04. The molecule has 2 aliphatic rings. The zero-order valence-electron chi connectivity index (χ0n) is 12.7. The third kappa shape index (κ3) is 2.18. The van der Waals surface area contributed by atoms with Gasteiger partial charge in [-0.3, -0.25) is 0 Å². The Kier molecular flexibility index (Phi) is 3.97. The standard InChI is InChI=1S/C18H14N2O2.HI/c1-20-14-10-6-4-8-12(14)15(18(21)22-2)16-17(20)11-7-3-5-9-13(11)19-16;/h3-10H,1-2H3;1H. The number of carbonyl (C=O) groups excluding carboxylic acids is 1. The van der Waals surface area contributed by atoms with Crippen LogP contribution in [-0.2, 0) is 11.8 Å². The molecule has 0 bridgehead atoms. The van der Waals surface area contributed by atoms with Gasteiger partial charge in [-0.05, 0) is 12.1 Å². The molecule has 2 aromatic carbocycles. The van der Waals surface area contributed by atoms with Gasteiger partial charge >= 0.3 is 5.97 Å². The molecule has 2 heterocycles. The molecule has 2 aromatic rings. The van der Waals surface area contributed by atoms with Crippen molar-refractivity contribution in [2.45, 2.75) is 0 Å². The van der Waals surface area contributed by atoms with Crippen LogP contribution < -0.4 is 0 Å². The Morgan fingerprint density at radius 1 is 1.04 bits per heavy atom. The third-order valence-corrected chi connectivity index (χ3v) is 4.11. The van der Waals surface area contributed by atoms with Crippen LogP contribution in [-0.4, -0.2) is 22.6 Å². The average Bonchev–Trinajstić information content (AvgIpc) is 2.94. The van der Waals surface area contributed by atoms with E-state index in [0.29, 0.717) is 11.3 Å². The number of aryl methyl sites for hydroxylation is 1. The largest absolute Gasteiger partial charge is 0.465 e. The van der Waals surface area contributed by atoms with E-state index in [2.05, 4.69) is 9.55 Å². The van der Waals surface area contributed by atoms with Gasteiger partial charge in [-0.25, -0.2) is 9.78 Å². The summed E-state index contributed by atoms with van der Waals surface area (Å²) in [5.74, 6) is -0.357. The summed E-state index contributed by atoms with van der Waals surface area (Å²) in [7, 11) is 3.40. The van der Waals surface area contributed by atoms with Crippen molar-refractivity contribution in [2.75, 3.05) is 7.11 Å². The van der Waals surface area contributed by atoms with E-state index in [-0.39, 0.29) is 29.9 Å². The van der Waals surface area contributed by atoms with Gasteiger partial charge in [0.25, 0.3) is 0 Å². The van der Waals surface area contributed by atoms with Gasteiger partial charge in [-0.15, -0.1) is 24.0 Å².